The summed E-state index contributed by atoms with van der Waals surface area (Å²) in [7, 11) is 2.14. The van der Waals surface area contributed by atoms with Gasteiger partial charge in [0.05, 0.1) is 5.69 Å². The normalized spacial score (nSPS) is 15.0. The number of fused-ring (bicyclic) bond motifs is 1. The minimum Gasteiger partial charge on any atom is -0.435 e. The van der Waals surface area contributed by atoms with Crippen molar-refractivity contribution in [2.45, 2.75) is 0 Å². The molecular weight excluding hydrogens is 324 g/mol. The van der Waals surface area contributed by atoms with Crippen molar-refractivity contribution in [3.05, 3.63) is 60.3 Å². The van der Waals surface area contributed by atoms with Crippen molar-refractivity contribution in [2.24, 2.45) is 0 Å². The molecule has 1 aliphatic rings. The number of nitriles is 1. The van der Waals surface area contributed by atoms with E-state index in [-0.39, 0.29) is 0 Å². The van der Waals surface area contributed by atoms with Crippen molar-refractivity contribution in [1.82, 2.24) is 9.88 Å². The van der Waals surface area contributed by atoms with Gasteiger partial charge in [-0.15, -0.1) is 0 Å². The Morgan fingerprint density at radius 1 is 1.00 bits per heavy atom. The molecule has 3 aromatic rings. The number of pyridine rings is 1. The number of rotatable bonds is 3. The number of anilines is 1. The Labute approximate surface area is 153 Å². The molecule has 5 heteroatoms. The molecule has 0 atom stereocenters. The average Bonchev–Trinajstić information content (AvgIpc) is 2.68. The van der Waals surface area contributed by atoms with Crippen molar-refractivity contribution < 1.29 is 4.74 Å². The minimum atomic E-state index is 0.348. The van der Waals surface area contributed by atoms with Crippen LogP contribution in [-0.2, 0) is 0 Å². The number of ether oxygens (including phenoxy) is 1. The first-order valence-corrected chi connectivity index (χ1v) is 8.74. The molecule has 2 heterocycles. The predicted molar refractivity (Wildman–Crippen MR) is 103 cm³/mol. The summed E-state index contributed by atoms with van der Waals surface area (Å²) in [5.41, 5.74) is 1.48. The molecule has 4 rings (SSSR count). The first kappa shape index (κ1) is 16.4. The summed E-state index contributed by atoms with van der Waals surface area (Å²) in [6.45, 7) is 3.91. The van der Waals surface area contributed by atoms with Gasteiger partial charge in [0.25, 0.3) is 0 Å². The minimum absolute atomic E-state index is 0.348. The summed E-state index contributed by atoms with van der Waals surface area (Å²) in [6, 6.07) is 18.1. The van der Waals surface area contributed by atoms with Crippen LogP contribution < -0.4 is 9.64 Å². The van der Waals surface area contributed by atoms with E-state index >= 15 is 0 Å². The van der Waals surface area contributed by atoms with Crippen LogP contribution in [-0.4, -0.2) is 43.1 Å². The number of aromatic nitrogens is 1. The van der Waals surface area contributed by atoms with Crippen LogP contribution in [0.3, 0.4) is 0 Å². The van der Waals surface area contributed by atoms with Crippen molar-refractivity contribution in [3.63, 3.8) is 0 Å². The molecule has 0 bridgehead atoms. The molecule has 2 aromatic carbocycles. The molecule has 130 valence electrons. The van der Waals surface area contributed by atoms with Crippen LogP contribution in [0.4, 0.5) is 5.69 Å². The lowest BCUT2D eigenvalue weighted by Crippen LogP contribution is -2.44. The maximum atomic E-state index is 9.33. The third-order valence-corrected chi connectivity index (χ3v) is 4.77. The summed E-state index contributed by atoms with van der Waals surface area (Å²) in [5.74, 6) is 1.09. The van der Waals surface area contributed by atoms with Crippen LogP contribution in [0.15, 0.2) is 54.7 Å². The van der Waals surface area contributed by atoms with Gasteiger partial charge in [0.1, 0.15) is 11.6 Å². The molecule has 1 saturated heterocycles. The first-order valence-electron chi connectivity index (χ1n) is 8.74. The fourth-order valence-corrected chi connectivity index (χ4v) is 3.25. The largest absolute Gasteiger partial charge is 0.435 e. The van der Waals surface area contributed by atoms with Crippen molar-refractivity contribution in [2.75, 3.05) is 38.1 Å². The second-order valence-corrected chi connectivity index (χ2v) is 6.53. The molecular formula is C21H20N4O. The van der Waals surface area contributed by atoms with Crippen LogP contribution in [0.2, 0.25) is 0 Å². The summed E-state index contributed by atoms with van der Waals surface area (Å²) in [4.78, 5) is 8.92. The van der Waals surface area contributed by atoms with Crippen molar-refractivity contribution in [3.8, 4) is 17.7 Å². The molecule has 0 aliphatic carbocycles. The second-order valence-electron chi connectivity index (χ2n) is 6.53. The molecule has 0 saturated carbocycles. The summed E-state index contributed by atoms with van der Waals surface area (Å²) in [6.07, 6.45) is 1.65. The van der Waals surface area contributed by atoms with Gasteiger partial charge in [-0.05, 0) is 42.1 Å². The molecule has 0 amide bonds. The van der Waals surface area contributed by atoms with Gasteiger partial charge in [0, 0.05) is 32.4 Å². The zero-order chi connectivity index (χ0) is 17.9. The third kappa shape index (κ3) is 3.19. The lowest BCUT2D eigenvalue weighted by molar-refractivity contribution is 0.311. The Balaban J connectivity index is 1.78. The second kappa shape index (κ2) is 7.03. The van der Waals surface area contributed by atoms with E-state index in [9.17, 15) is 5.26 Å². The van der Waals surface area contributed by atoms with Gasteiger partial charge in [-0.3, -0.25) is 0 Å². The number of benzene rings is 2. The van der Waals surface area contributed by atoms with Crippen LogP contribution in [0.5, 0.6) is 11.6 Å². The number of hydrogen-bond acceptors (Lipinski definition) is 5. The number of nitrogens with zero attached hydrogens (tertiary/aromatic N) is 4. The van der Waals surface area contributed by atoms with E-state index in [1.165, 1.54) is 5.39 Å². The SMILES string of the molecule is CN1CCN(c2cc3ccccc3cc2Oc2ncccc2C#N)CC1. The maximum Gasteiger partial charge on any atom is 0.237 e. The molecule has 1 fully saturated rings. The molecule has 0 spiro atoms. The highest BCUT2D eigenvalue weighted by Gasteiger charge is 2.20. The van der Waals surface area contributed by atoms with E-state index in [0.29, 0.717) is 11.4 Å². The third-order valence-electron chi connectivity index (χ3n) is 4.77. The number of hydrogen-bond donors (Lipinski definition) is 0. The average molecular weight is 344 g/mol. The van der Waals surface area contributed by atoms with Crippen molar-refractivity contribution >= 4 is 16.5 Å². The monoisotopic (exact) mass is 344 g/mol. The van der Waals surface area contributed by atoms with Gasteiger partial charge in [-0.25, -0.2) is 4.98 Å². The Kier molecular flexibility index (Phi) is 4.42. The molecule has 26 heavy (non-hydrogen) atoms. The van der Waals surface area contributed by atoms with Crippen molar-refractivity contribution in [1.29, 1.82) is 5.26 Å². The Morgan fingerprint density at radius 3 is 2.46 bits per heavy atom. The van der Waals surface area contributed by atoms with E-state index in [2.05, 4.69) is 46.1 Å². The lowest BCUT2D eigenvalue weighted by atomic mass is 10.1. The molecule has 1 aromatic heterocycles. The standard InChI is InChI=1S/C21H20N4O/c1-24-9-11-25(12-10-24)19-13-16-5-2-3-6-17(16)14-20(19)26-21-18(15-22)7-4-8-23-21/h2-8,13-14H,9-12H2,1H3. The Hall–Kier alpha value is -3.10. The van der Waals surface area contributed by atoms with Gasteiger partial charge in [0.15, 0.2) is 5.75 Å². The fraction of sp³-hybridized carbons (Fsp3) is 0.238. The Morgan fingerprint density at radius 2 is 1.73 bits per heavy atom. The summed E-state index contributed by atoms with van der Waals surface area (Å²) < 4.78 is 6.13. The lowest BCUT2D eigenvalue weighted by Gasteiger charge is -2.35. The van der Waals surface area contributed by atoms with E-state index in [0.717, 1.165) is 43.0 Å². The smallest absolute Gasteiger partial charge is 0.237 e. The summed E-state index contributed by atoms with van der Waals surface area (Å²) in [5, 5.41) is 11.6. The maximum absolute atomic E-state index is 9.33. The zero-order valence-corrected chi connectivity index (χ0v) is 14.7. The van der Waals surface area contributed by atoms with E-state index in [1.807, 2.05) is 18.2 Å². The van der Waals surface area contributed by atoms with Crippen LogP contribution in [0.25, 0.3) is 10.8 Å². The molecule has 0 unspecified atom stereocenters. The molecule has 0 radical (unpaired) electrons. The van der Waals surface area contributed by atoms with Gasteiger partial charge in [-0.2, -0.15) is 5.26 Å². The van der Waals surface area contributed by atoms with Gasteiger partial charge < -0.3 is 14.5 Å². The quantitative estimate of drug-likeness (QED) is 0.726. The zero-order valence-electron chi connectivity index (χ0n) is 14.7. The van der Waals surface area contributed by atoms with Crippen LogP contribution in [0.1, 0.15) is 5.56 Å². The Bertz CT molecular complexity index is 971. The highest BCUT2D eigenvalue weighted by atomic mass is 16.5. The molecule has 5 nitrogen and oxygen atoms in total. The topological polar surface area (TPSA) is 52.4 Å². The van der Waals surface area contributed by atoms with Gasteiger partial charge >= 0.3 is 0 Å². The number of likely N-dealkylation sites (N-methyl/N-ethyl adjacent to an activating group) is 1. The van der Waals surface area contributed by atoms with E-state index in [1.54, 1.807) is 18.3 Å². The highest BCUT2D eigenvalue weighted by Crippen LogP contribution is 2.37. The number of piperazine rings is 1. The van der Waals surface area contributed by atoms with Crippen LogP contribution in [0, 0.1) is 11.3 Å². The highest BCUT2D eigenvalue weighted by molar-refractivity contribution is 5.89. The predicted octanol–water partition coefficient (Wildman–Crippen LogP) is 3.65. The molecule has 1 aliphatic heterocycles. The molecule has 0 N–H and O–H groups in total. The summed E-state index contributed by atoms with van der Waals surface area (Å²) >= 11 is 0. The first-order chi connectivity index (χ1) is 12.7. The van der Waals surface area contributed by atoms with E-state index < -0.39 is 0 Å². The fourth-order valence-electron chi connectivity index (χ4n) is 3.25. The van der Waals surface area contributed by atoms with Gasteiger partial charge in [0.2, 0.25) is 5.88 Å². The van der Waals surface area contributed by atoms with E-state index in [4.69, 9.17) is 4.74 Å². The van der Waals surface area contributed by atoms with Crippen LogP contribution >= 0.6 is 0 Å². The van der Waals surface area contributed by atoms with Gasteiger partial charge in [-0.1, -0.05) is 24.3 Å².